The number of carbonyl (C=O) groups is 4. The molecule has 4 unspecified atom stereocenters. The number of aliphatic hydroxyl groups is 8. The molecule has 5 saturated heterocycles. The Morgan fingerprint density at radius 1 is 0.554 bits per heavy atom. The lowest BCUT2D eigenvalue weighted by atomic mass is 9.95. The molecule has 5 heterocycles. The van der Waals surface area contributed by atoms with E-state index in [1.807, 2.05) is 0 Å². The summed E-state index contributed by atoms with van der Waals surface area (Å²) < 4.78 is 72.9. The van der Waals surface area contributed by atoms with Crippen molar-refractivity contribution < 1.29 is 117 Å². The van der Waals surface area contributed by atoms with Gasteiger partial charge in [0.15, 0.2) is 43.5 Å². The molecule has 0 aliphatic carbocycles. The van der Waals surface area contributed by atoms with Gasteiger partial charge in [-0.25, -0.2) is 0 Å². The Hall–Kier alpha value is -2.76. The van der Waals surface area contributed by atoms with Crippen LogP contribution in [0.25, 0.3) is 0 Å². The molecule has 2 bridgehead atoms. The topological polar surface area (TPSA) is 341 Å². The average molecular weight is 1070 g/mol. The van der Waals surface area contributed by atoms with Crippen molar-refractivity contribution in [2.24, 2.45) is 17.8 Å². The highest BCUT2D eigenvalue weighted by Crippen LogP contribution is 2.38. The zero-order chi connectivity index (χ0) is 54.7. The summed E-state index contributed by atoms with van der Waals surface area (Å²) in [6.07, 6.45) is -28.7. The standard InChI is InChI=1S/C50H84O24/c1-22(2)20-32(54)70-44-43-40(72-47-38(60)37(59)39(28(8)66-47)71-46(62)24(4)26(6)52)29(9)67-50(44)74-42-36(58)34(56)30(21-64-45(61)23(3)25(5)51)68-49(42)73-41-35(57)33(55)27(7)65-48(41)63-19-17-15-13-11-10-12-14-16-18-31(53)69-43/h22-30,33-44,47-52,55-60H,10-21H2,1-9H3/t23?,24?,25?,26?,27-,28-,29+,30-,33-,34-,35+,36+,37-,38-,39-,40+,41-,42-,43-,44+,47+,48+,49+,50+/m1/s1. The second-order valence-corrected chi connectivity index (χ2v) is 21.0. The first kappa shape index (κ1) is 62.1. The second-order valence-electron chi connectivity index (χ2n) is 21.0. The SMILES string of the molecule is CC(C)CC(=O)O[C@@H]1[C@@H]2O[C@H]3[C@H](O[C@H]4[C@@H](OCCCCCCCCCCC(=O)O[C@@H]1[C@@H](O[C@@H]1O[C@H](C)[C@@H](OC(=O)C(C)C(C)O)[C@H](O)[C@H]1O)[C@H](C)O2)O[C@H](C)[C@@H](O)[C@@H]4O)O[C@H](COC(=O)C(C)C(C)O)[C@@H](O)[C@@H]3O. The molecule has 0 radical (unpaired) electrons. The van der Waals surface area contributed by atoms with Crippen LogP contribution < -0.4 is 0 Å². The van der Waals surface area contributed by atoms with Crippen LogP contribution in [-0.2, 0) is 76.0 Å². The summed E-state index contributed by atoms with van der Waals surface area (Å²) in [7, 11) is 0. The summed E-state index contributed by atoms with van der Waals surface area (Å²) in [6, 6.07) is 0. The Labute approximate surface area is 432 Å². The largest absolute Gasteiger partial charge is 0.463 e. The summed E-state index contributed by atoms with van der Waals surface area (Å²) in [5, 5.41) is 89.0. The minimum Gasteiger partial charge on any atom is -0.463 e. The Morgan fingerprint density at radius 3 is 1.74 bits per heavy atom. The number of carbonyl (C=O) groups excluding carboxylic acids is 4. The lowest BCUT2D eigenvalue weighted by Crippen LogP contribution is -2.68. The van der Waals surface area contributed by atoms with Crippen LogP contribution in [0.5, 0.6) is 0 Å². The molecule has 5 aliphatic rings. The van der Waals surface area contributed by atoms with E-state index in [1.165, 1.54) is 48.5 Å². The van der Waals surface area contributed by atoms with Gasteiger partial charge in [-0.2, -0.15) is 0 Å². The van der Waals surface area contributed by atoms with Gasteiger partial charge in [0.2, 0.25) is 0 Å². The molecule has 0 aromatic carbocycles. The van der Waals surface area contributed by atoms with E-state index in [0.717, 1.165) is 32.1 Å². The van der Waals surface area contributed by atoms with Gasteiger partial charge in [-0.05, 0) is 67.2 Å². The maximum absolute atomic E-state index is 13.9. The number of fused-ring (bicyclic) bond motifs is 4. The van der Waals surface area contributed by atoms with Crippen molar-refractivity contribution in [2.45, 2.75) is 262 Å². The zero-order valence-corrected chi connectivity index (χ0v) is 44.0. The monoisotopic (exact) mass is 1070 g/mol. The fourth-order valence-corrected chi connectivity index (χ4v) is 9.16. The molecule has 74 heavy (non-hydrogen) atoms. The number of aliphatic hydroxyl groups excluding tert-OH is 8. The number of ether oxygens (including phenoxy) is 12. The van der Waals surface area contributed by atoms with Gasteiger partial charge in [-0.15, -0.1) is 0 Å². The van der Waals surface area contributed by atoms with Crippen LogP contribution in [0.15, 0.2) is 0 Å². The van der Waals surface area contributed by atoms with Gasteiger partial charge in [0, 0.05) is 19.4 Å². The van der Waals surface area contributed by atoms with E-state index < -0.39 is 177 Å². The van der Waals surface area contributed by atoms with Gasteiger partial charge in [0.25, 0.3) is 0 Å². The Bertz CT molecular complexity index is 1750. The lowest BCUT2D eigenvalue weighted by Gasteiger charge is -2.50. The Kier molecular flexibility index (Phi) is 24.1. The van der Waals surface area contributed by atoms with Crippen molar-refractivity contribution in [1.82, 2.24) is 0 Å². The summed E-state index contributed by atoms with van der Waals surface area (Å²) in [5.74, 6) is -5.52. The maximum Gasteiger partial charge on any atom is 0.311 e. The smallest absolute Gasteiger partial charge is 0.311 e. The number of hydrogen-bond donors (Lipinski definition) is 8. The highest BCUT2D eigenvalue weighted by molar-refractivity contribution is 5.73. The molecule has 0 aromatic heterocycles. The molecule has 24 nitrogen and oxygen atoms in total. The van der Waals surface area contributed by atoms with Crippen molar-refractivity contribution >= 4 is 23.9 Å². The molecule has 5 fully saturated rings. The number of esters is 4. The van der Waals surface area contributed by atoms with Gasteiger partial charge >= 0.3 is 23.9 Å². The van der Waals surface area contributed by atoms with Crippen molar-refractivity contribution in [3.05, 3.63) is 0 Å². The molecular weight excluding hydrogens is 985 g/mol. The first-order valence-corrected chi connectivity index (χ1v) is 26.3. The molecule has 24 heteroatoms. The molecule has 0 spiro atoms. The van der Waals surface area contributed by atoms with E-state index in [4.69, 9.17) is 56.8 Å². The van der Waals surface area contributed by atoms with Gasteiger partial charge in [0.05, 0.1) is 42.4 Å². The summed E-state index contributed by atoms with van der Waals surface area (Å²) in [6.45, 7) is 13.0. The molecule has 24 atom stereocenters. The molecule has 0 aromatic rings. The number of rotatable bonds is 12. The van der Waals surface area contributed by atoms with E-state index in [0.29, 0.717) is 19.3 Å². The molecular formula is C50H84O24. The van der Waals surface area contributed by atoms with E-state index in [9.17, 15) is 60.0 Å². The third-order valence-corrected chi connectivity index (χ3v) is 14.3. The summed E-state index contributed by atoms with van der Waals surface area (Å²) in [4.78, 5) is 53.4. The van der Waals surface area contributed by atoms with Gasteiger partial charge < -0.3 is 97.7 Å². The van der Waals surface area contributed by atoms with E-state index >= 15 is 0 Å². The van der Waals surface area contributed by atoms with Crippen molar-refractivity contribution in [1.29, 1.82) is 0 Å². The second kappa shape index (κ2) is 28.7. The van der Waals surface area contributed by atoms with Gasteiger partial charge in [-0.3, -0.25) is 19.2 Å². The predicted molar refractivity (Wildman–Crippen MR) is 252 cm³/mol. The van der Waals surface area contributed by atoms with E-state index in [-0.39, 0.29) is 25.4 Å². The Morgan fingerprint density at radius 2 is 1.11 bits per heavy atom. The van der Waals surface area contributed by atoms with Crippen LogP contribution in [0, 0.1) is 17.8 Å². The third-order valence-electron chi connectivity index (χ3n) is 14.3. The zero-order valence-electron chi connectivity index (χ0n) is 44.0. The van der Waals surface area contributed by atoms with Crippen molar-refractivity contribution in [3.8, 4) is 0 Å². The first-order valence-electron chi connectivity index (χ1n) is 26.3. The average Bonchev–Trinajstić information content (AvgIpc) is 3.33. The summed E-state index contributed by atoms with van der Waals surface area (Å²) in [5.41, 5.74) is 0. The fourth-order valence-electron chi connectivity index (χ4n) is 9.16. The minimum absolute atomic E-state index is 0.0825. The van der Waals surface area contributed by atoms with Gasteiger partial charge in [-0.1, -0.05) is 52.4 Å². The van der Waals surface area contributed by atoms with Crippen LogP contribution in [0.3, 0.4) is 0 Å². The molecule has 428 valence electrons. The molecule has 5 aliphatic heterocycles. The highest BCUT2D eigenvalue weighted by atomic mass is 16.8. The highest BCUT2D eigenvalue weighted by Gasteiger charge is 2.58. The molecule has 8 N–H and O–H groups in total. The summed E-state index contributed by atoms with van der Waals surface area (Å²) >= 11 is 0. The first-order chi connectivity index (χ1) is 34.9. The Balaban J connectivity index is 1.55. The van der Waals surface area contributed by atoms with E-state index in [1.54, 1.807) is 13.8 Å². The molecule has 0 amide bonds. The van der Waals surface area contributed by atoms with Crippen LogP contribution in [0.1, 0.15) is 127 Å². The van der Waals surface area contributed by atoms with Crippen LogP contribution in [-0.4, -0.2) is 213 Å². The maximum atomic E-state index is 13.9. The number of hydrogen-bond acceptors (Lipinski definition) is 24. The van der Waals surface area contributed by atoms with Crippen LogP contribution >= 0.6 is 0 Å². The third kappa shape index (κ3) is 16.4. The van der Waals surface area contributed by atoms with Crippen molar-refractivity contribution in [2.75, 3.05) is 13.2 Å². The predicted octanol–water partition coefficient (Wildman–Crippen LogP) is 0.166. The minimum atomic E-state index is -2.03. The quantitative estimate of drug-likeness (QED) is 0.0954. The molecule has 0 saturated carbocycles. The normalized spacial score (nSPS) is 41.0. The van der Waals surface area contributed by atoms with Crippen LogP contribution in [0.4, 0.5) is 0 Å². The van der Waals surface area contributed by atoms with Gasteiger partial charge in [0.1, 0.15) is 67.6 Å². The van der Waals surface area contributed by atoms with Crippen molar-refractivity contribution in [3.63, 3.8) is 0 Å². The molecule has 5 rings (SSSR count). The fraction of sp³-hybridized carbons (Fsp3) is 0.920. The van der Waals surface area contributed by atoms with Crippen LogP contribution in [0.2, 0.25) is 0 Å². The lowest BCUT2D eigenvalue weighted by molar-refractivity contribution is -0.397. The van der Waals surface area contributed by atoms with E-state index in [2.05, 4.69) is 0 Å².